The van der Waals surface area contributed by atoms with Gasteiger partial charge in [0.2, 0.25) is 0 Å². The minimum Gasteiger partial charge on any atom is -0.496 e. The number of para-hydroxylation sites is 1. The Labute approximate surface area is 129 Å². The van der Waals surface area contributed by atoms with Crippen molar-refractivity contribution in [1.82, 2.24) is 10.2 Å². The monoisotopic (exact) mass is 298 g/mol. The SMILES string of the molecule is COc1ccccc1[C@H](O)CNc1nnc(C)c(C)c1C#N. The first kappa shape index (κ1) is 15.7. The van der Waals surface area contributed by atoms with E-state index in [4.69, 9.17) is 4.74 Å². The predicted molar refractivity (Wildman–Crippen MR) is 82.7 cm³/mol. The van der Waals surface area contributed by atoms with Gasteiger partial charge >= 0.3 is 0 Å². The molecule has 1 aromatic heterocycles. The standard InChI is InChI=1S/C16H18N4O2/c1-10-11(2)19-20-16(13(10)8-17)18-9-14(21)12-6-4-5-7-15(12)22-3/h4-7,14,21H,9H2,1-3H3,(H,18,20)/t14-/m1/s1. The fourth-order valence-corrected chi connectivity index (χ4v) is 2.11. The van der Waals surface area contributed by atoms with Gasteiger partial charge in [-0.3, -0.25) is 0 Å². The molecular weight excluding hydrogens is 280 g/mol. The Balaban J connectivity index is 2.17. The number of ether oxygens (including phenoxy) is 1. The topological polar surface area (TPSA) is 91.1 Å². The first-order chi connectivity index (χ1) is 10.6. The second kappa shape index (κ2) is 6.87. The Morgan fingerprint density at radius 3 is 2.73 bits per heavy atom. The summed E-state index contributed by atoms with van der Waals surface area (Å²) in [5, 5.41) is 30.5. The predicted octanol–water partition coefficient (Wildman–Crippen LogP) is 2.12. The molecule has 0 aliphatic carbocycles. The van der Waals surface area contributed by atoms with E-state index >= 15 is 0 Å². The van der Waals surface area contributed by atoms with Crippen LogP contribution in [0.4, 0.5) is 5.82 Å². The van der Waals surface area contributed by atoms with Crippen molar-refractivity contribution in [3.8, 4) is 11.8 Å². The van der Waals surface area contributed by atoms with Crippen molar-refractivity contribution in [2.75, 3.05) is 19.0 Å². The molecule has 1 heterocycles. The molecule has 114 valence electrons. The van der Waals surface area contributed by atoms with Gasteiger partial charge < -0.3 is 15.2 Å². The minimum atomic E-state index is -0.786. The summed E-state index contributed by atoms with van der Waals surface area (Å²) >= 11 is 0. The molecule has 1 aromatic carbocycles. The summed E-state index contributed by atoms with van der Waals surface area (Å²) in [4.78, 5) is 0. The van der Waals surface area contributed by atoms with E-state index in [1.807, 2.05) is 19.1 Å². The van der Waals surface area contributed by atoms with E-state index < -0.39 is 6.10 Å². The van der Waals surface area contributed by atoms with Crippen molar-refractivity contribution >= 4 is 5.82 Å². The van der Waals surface area contributed by atoms with E-state index in [0.717, 1.165) is 5.56 Å². The van der Waals surface area contributed by atoms with Crippen molar-refractivity contribution in [2.45, 2.75) is 20.0 Å². The molecule has 0 fully saturated rings. The molecule has 6 heteroatoms. The Hall–Kier alpha value is -2.65. The van der Waals surface area contributed by atoms with Crippen LogP contribution in [0.1, 0.15) is 28.5 Å². The first-order valence-electron chi connectivity index (χ1n) is 6.87. The molecule has 0 spiro atoms. The maximum Gasteiger partial charge on any atom is 0.167 e. The van der Waals surface area contributed by atoms with Crippen LogP contribution in [0.2, 0.25) is 0 Å². The molecule has 2 aromatic rings. The smallest absolute Gasteiger partial charge is 0.167 e. The van der Waals surface area contributed by atoms with Gasteiger partial charge in [0.25, 0.3) is 0 Å². The highest BCUT2D eigenvalue weighted by Crippen LogP contribution is 2.25. The highest BCUT2D eigenvalue weighted by molar-refractivity contribution is 5.56. The lowest BCUT2D eigenvalue weighted by molar-refractivity contribution is 0.186. The summed E-state index contributed by atoms with van der Waals surface area (Å²) in [6, 6.07) is 9.37. The Morgan fingerprint density at radius 2 is 2.05 bits per heavy atom. The van der Waals surface area contributed by atoms with Crippen molar-refractivity contribution in [2.24, 2.45) is 0 Å². The van der Waals surface area contributed by atoms with Gasteiger partial charge in [-0.1, -0.05) is 18.2 Å². The van der Waals surface area contributed by atoms with Gasteiger partial charge in [-0.15, -0.1) is 5.10 Å². The largest absolute Gasteiger partial charge is 0.496 e. The molecule has 2 rings (SSSR count). The van der Waals surface area contributed by atoms with Crippen LogP contribution in [0.15, 0.2) is 24.3 Å². The van der Waals surface area contributed by atoms with E-state index in [-0.39, 0.29) is 6.54 Å². The Morgan fingerprint density at radius 1 is 1.32 bits per heavy atom. The molecular formula is C16H18N4O2. The number of anilines is 1. The molecule has 2 N–H and O–H groups in total. The number of methoxy groups -OCH3 is 1. The van der Waals surface area contributed by atoms with Gasteiger partial charge in [0, 0.05) is 12.1 Å². The first-order valence-corrected chi connectivity index (χ1v) is 6.87. The van der Waals surface area contributed by atoms with Gasteiger partial charge in [-0.25, -0.2) is 0 Å². The molecule has 22 heavy (non-hydrogen) atoms. The second-order valence-electron chi connectivity index (χ2n) is 4.88. The molecule has 0 unspecified atom stereocenters. The molecule has 0 radical (unpaired) electrons. The molecule has 0 aliphatic heterocycles. The number of nitrogens with zero attached hydrogens (tertiary/aromatic N) is 3. The third-order valence-electron chi connectivity index (χ3n) is 3.53. The highest BCUT2D eigenvalue weighted by Gasteiger charge is 2.15. The number of aliphatic hydroxyl groups excluding tert-OH is 1. The number of hydrogen-bond donors (Lipinski definition) is 2. The zero-order chi connectivity index (χ0) is 16.1. The van der Waals surface area contributed by atoms with Crippen LogP contribution >= 0.6 is 0 Å². The minimum absolute atomic E-state index is 0.201. The average Bonchev–Trinajstić information content (AvgIpc) is 2.55. The van der Waals surface area contributed by atoms with Crippen LogP contribution in [-0.4, -0.2) is 29.0 Å². The number of aromatic nitrogens is 2. The van der Waals surface area contributed by atoms with Crippen molar-refractivity contribution in [1.29, 1.82) is 5.26 Å². The zero-order valence-corrected chi connectivity index (χ0v) is 12.8. The lowest BCUT2D eigenvalue weighted by Crippen LogP contribution is -2.15. The van der Waals surface area contributed by atoms with E-state index in [1.165, 1.54) is 0 Å². The molecule has 6 nitrogen and oxygen atoms in total. The van der Waals surface area contributed by atoms with Gasteiger partial charge in [0.1, 0.15) is 17.4 Å². The fourth-order valence-electron chi connectivity index (χ4n) is 2.11. The molecule has 0 saturated heterocycles. The molecule has 0 saturated carbocycles. The molecule has 0 bridgehead atoms. The maximum atomic E-state index is 10.3. The lowest BCUT2D eigenvalue weighted by atomic mass is 10.1. The van der Waals surface area contributed by atoms with Crippen LogP contribution in [-0.2, 0) is 0 Å². The Kier molecular flexibility index (Phi) is 4.92. The van der Waals surface area contributed by atoms with Gasteiger partial charge in [0.05, 0.1) is 18.9 Å². The third-order valence-corrected chi connectivity index (χ3v) is 3.53. The summed E-state index contributed by atoms with van der Waals surface area (Å²) in [6.07, 6.45) is -0.786. The number of rotatable bonds is 5. The lowest BCUT2D eigenvalue weighted by Gasteiger charge is -2.16. The average molecular weight is 298 g/mol. The van der Waals surface area contributed by atoms with E-state index in [2.05, 4.69) is 21.6 Å². The number of nitrogens with one attached hydrogen (secondary N) is 1. The fraction of sp³-hybridized carbons (Fsp3) is 0.312. The van der Waals surface area contributed by atoms with E-state index in [0.29, 0.717) is 28.4 Å². The number of aliphatic hydroxyl groups is 1. The highest BCUT2D eigenvalue weighted by atomic mass is 16.5. The Bertz CT molecular complexity index is 710. The van der Waals surface area contributed by atoms with Crippen molar-refractivity contribution < 1.29 is 9.84 Å². The maximum absolute atomic E-state index is 10.3. The number of benzene rings is 1. The summed E-state index contributed by atoms with van der Waals surface area (Å²) < 4.78 is 5.23. The molecule has 0 aliphatic rings. The van der Waals surface area contributed by atoms with E-state index in [1.54, 1.807) is 26.2 Å². The summed E-state index contributed by atoms with van der Waals surface area (Å²) in [5.74, 6) is 0.989. The second-order valence-corrected chi connectivity index (χ2v) is 4.88. The van der Waals surface area contributed by atoms with Crippen LogP contribution in [0.5, 0.6) is 5.75 Å². The zero-order valence-electron chi connectivity index (χ0n) is 12.8. The van der Waals surface area contributed by atoms with Gasteiger partial charge in [0.15, 0.2) is 5.82 Å². The molecule has 1 atom stereocenters. The van der Waals surface area contributed by atoms with Crippen molar-refractivity contribution in [3.05, 3.63) is 46.6 Å². The van der Waals surface area contributed by atoms with E-state index in [9.17, 15) is 10.4 Å². The normalized spacial score (nSPS) is 11.6. The quantitative estimate of drug-likeness (QED) is 0.878. The van der Waals surface area contributed by atoms with Crippen molar-refractivity contribution in [3.63, 3.8) is 0 Å². The summed E-state index contributed by atoms with van der Waals surface area (Å²) in [5.41, 5.74) is 2.62. The van der Waals surface area contributed by atoms with Crippen LogP contribution in [0.3, 0.4) is 0 Å². The summed E-state index contributed by atoms with van der Waals surface area (Å²) in [7, 11) is 1.56. The van der Waals surface area contributed by atoms with Crippen LogP contribution in [0.25, 0.3) is 0 Å². The van der Waals surface area contributed by atoms with Gasteiger partial charge in [-0.2, -0.15) is 10.4 Å². The van der Waals surface area contributed by atoms with Gasteiger partial charge in [-0.05, 0) is 25.5 Å². The number of hydrogen-bond acceptors (Lipinski definition) is 6. The van der Waals surface area contributed by atoms with Crippen LogP contribution < -0.4 is 10.1 Å². The number of aryl methyl sites for hydroxylation is 1. The summed E-state index contributed by atoms with van der Waals surface area (Å²) in [6.45, 7) is 3.83. The molecule has 0 amide bonds. The third kappa shape index (κ3) is 3.15. The van der Waals surface area contributed by atoms with Crippen LogP contribution in [0, 0.1) is 25.2 Å². The number of nitriles is 1.